The highest BCUT2D eigenvalue weighted by Gasteiger charge is 2.21. The van der Waals surface area contributed by atoms with Gasteiger partial charge in [0.25, 0.3) is 0 Å². The predicted molar refractivity (Wildman–Crippen MR) is 83.4 cm³/mol. The third-order valence-electron chi connectivity index (χ3n) is 3.47. The molecule has 5 heteroatoms. The number of para-hydroxylation sites is 1. The van der Waals surface area contributed by atoms with Crippen LogP contribution in [0.2, 0.25) is 0 Å². The third-order valence-corrected chi connectivity index (χ3v) is 3.47. The zero-order valence-corrected chi connectivity index (χ0v) is 12.9. The van der Waals surface area contributed by atoms with Crippen LogP contribution in [0.1, 0.15) is 37.0 Å². The lowest BCUT2D eigenvalue weighted by Crippen LogP contribution is -2.31. The first kappa shape index (κ1) is 17.2. The highest BCUT2D eigenvalue weighted by Crippen LogP contribution is 2.22. The van der Waals surface area contributed by atoms with Gasteiger partial charge >= 0.3 is 5.97 Å². The van der Waals surface area contributed by atoms with Crippen molar-refractivity contribution in [2.75, 3.05) is 18.5 Å². The molecule has 0 heterocycles. The fraction of sp³-hybridized carbons (Fsp3) is 0.500. The maximum atomic E-state index is 12.3. The lowest BCUT2D eigenvalue weighted by atomic mass is 9.93. The van der Waals surface area contributed by atoms with E-state index in [-0.39, 0.29) is 17.4 Å². The summed E-state index contributed by atoms with van der Waals surface area (Å²) in [6.07, 6.45) is 1.22. The summed E-state index contributed by atoms with van der Waals surface area (Å²) in [5.74, 6) is -0.553. The molecule has 0 aliphatic heterocycles. The minimum Gasteiger partial charge on any atom is -0.478 e. The Hall–Kier alpha value is -1.88. The molecular formula is C16H24N2O3. The van der Waals surface area contributed by atoms with Gasteiger partial charge in [-0.2, -0.15) is 0 Å². The van der Waals surface area contributed by atoms with E-state index in [1.54, 1.807) is 25.2 Å². The highest BCUT2D eigenvalue weighted by atomic mass is 16.4. The molecule has 1 unspecified atom stereocenters. The van der Waals surface area contributed by atoms with Crippen molar-refractivity contribution in [3.05, 3.63) is 29.8 Å². The number of carboxylic acids is 1. The molecule has 0 bridgehead atoms. The zero-order chi connectivity index (χ0) is 16.0. The summed E-state index contributed by atoms with van der Waals surface area (Å²) in [7, 11) is 1.60. The van der Waals surface area contributed by atoms with E-state index in [2.05, 4.69) is 13.8 Å². The minimum absolute atomic E-state index is 0.111. The van der Waals surface area contributed by atoms with E-state index in [1.807, 2.05) is 0 Å². The molecule has 0 radical (unpaired) electrons. The maximum Gasteiger partial charge on any atom is 0.337 e. The quantitative estimate of drug-likeness (QED) is 0.808. The second-order valence-corrected chi connectivity index (χ2v) is 5.71. The lowest BCUT2D eigenvalue weighted by Gasteiger charge is -2.23. The number of benzene rings is 1. The number of rotatable bonds is 7. The van der Waals surface area contributed by atoms with Crippen molar-refractivity contribution in [1.82, 2.24) is 0 Å². The first-order chi connectivity index (χ1) is 9.86. The molecule has 0 spiro atoms. The molecule has 0 saturated heterocycles. The number of nitrogens with zero attached hydrogens (tertiary/aromatic N) is 1. The predicted octanol–water partition coefficient (Wildman–Crippen LogP) is 2.36. The largest absolute Gasteiger partial charge is 0.478 e. The smallest absolute Gasteiger partial charge is 0.337 e. The first-order valence-electron chi connectivity index (χ1n) is 7.15. The topological polar surface area (TPSA) is 83.6 Å². The molecule has 0 aliphatic rings. The number of anilines is 1. The van der Waals surface area contributed by atoms with Crippen LogP contribution in [0, 0.1) is 11.8 Å². The summed E-state index contributed by atoms with van der Waals surface area (Å²) in [5, 5.41) is 9.19. The second-order valence-electron chi connectivity index (χ2n) is 5.71. The minimum atomic E-state index is -1.04. The number of aromatic carboxylic acids is 1. The fourth-order valence-electron chi connectivity index (χ4n) is 2.39. The number of hydrogen-bond donors (Lipinski definition) is 2. The molecule has 1 atom stereocenters. The Kier molecular flexibility index (Phi) is 6.37. The van der Waals surface area contributed by atoms with E-state index in [9.17, 15) is 14.7 Å². The Morgan fingerprint density at radius 1 is 1.29 bits per heavy atom. The SMILES string of the molecule is CC(C)CC(CN)CC(=O)N(C)c1ccccc1C(=O)O. The normalized spacial score (nSPS) is 12.2. The molecule has 0 aliphatic carbocycles. The average molecular weight is 292 g/mol. The molecule has 0 fully saturated rings. The fourth-order valence-corrected chi connectivity index (χ4v) is 2.39. The van der Waals surface area contributed by atoms with E-state index in [1.165, 1.54) is 11.0 Å². The van der Waals surface area contributed by atoms with E-state index >= 15 is 0 Å². The summed E-state index contributed by atoms with van der Waals surface area (Å²) in [6.45, 7) is 4.64. The third kappa shape index (κ3) is 4.86. The maximum absolute atomic E-state index is 12.3. The van der Waals surface area contributed by atoms with E-state index in [4.69, 9.17) is 5.73 Å². The molecule has 1 amide bonds. The van der Waals surface area contributed by atoms with Crippen LogP contribution < -0.4 is 10.6 Å². The van der Waals surface area contributed by atoms with Crippen LogP contribution in [-0.4, -0.2) is 30.6 Å². The molecule has 1 aromatic rings. The van der Waals surface area contributed by atoms with Gasteiger partial charge in [-0.15, -0.1) is 0 Å². The Labute approximate surface area is 125 Å². The summed E-state index contributed by atoms with van der Waals surface area (Å²) in [5.41, 5.74) is 6.26. The van der Waals surface area contributed by atoms with Crippen LogP contribution in [0.15, 0.2) is 24.3 Å². The monoisotopic (exact) mass is 292 g/mol. The first-order valence-corrected chi connectivity index (χ1v) is 7.15. The van der Waals surface area contributed by atoms with Gasteiger partial charge in [-0.1, -0.05) is 26.0 Å². The lowest BCUT2D eigenvalue weighted by molar-refractivity contribution is -0.119. The summed E-state index contributed by atoms with van der Waals surface area (Å²) >= 11 is 0. The highest BCUT2D eigenvalue weighted by molar-refractivity contribution is 6.01. The van der Waals surface area contributed by atoms with Gasteiger partial charge in [-0.05, 0) is 36.9 Å². The average Bonchev–Trinajstić information content (AvgIpc) is 2.45. The number of carboxylic acid groups (broad SMARTS) is 1. The van der Waals surface area contributed by atoms with Crippen LogP contribution in [0.25, 0.3) is 0 Å². The Balaban J connectivity index is 2.85. The number of hydrogen-bond acceptors (Lipinski definition) is 3. The molecule has 0 saturated carbocycles. The number of carbonyl (C=O) groups excluding carboxylic acids is 1. The van der Waals surface area contributed by atoms with Gasteiger partial charge in [0.1, 0.15) is 0 Å². The number of carbonyl (C=O) groups is 2. The van der Waals surface area contributed by atoms with Gasteiger partial charge in [-0.3, -0.25) is 4.79 Å². The number of amides is 1. The van der Waals surface area contributed by atoms with Crippen molar-refractivity contribution in [3.8, 4) is 0 Å². The van der Waals surface area contributed by atoms with Gasteiger partial charge in [-0.25, -0.2) is 4.79 Å². The van der Waals surface area contributed by atoms with Crippen LogP contribution in [-0.2, 0) is 4.79 Å². The van der Waals surface area contributed by atoms with E-state index in [0.717, 1.165) is 6.42 Å². The summed E-state index contributed by atoms with van der Waals surface area (Å²) in [6, 6.07) is 6.50. The van der Waals surface area contributed by atoms with E-state index in [0.29, 0.717) is 24.6 Å². The van der Waals surface area contributed by atoms with Gasteiger partial charge < -0.3 is 15.7 Å². The van der Waals surface area contributed by atoms with Gasteiger partial charge in [0.15, 0.2) is 0 Å². The van der Waals surface area contributed by atoms with Crippen molar-refractivity contribution in [2.45, 2.75) is 26.7 Å². The molecule has 116 valence electrons. The van der Waals surface area contributed by atoms with Crippen LogP contribution in [0.5, 0.6) is 0 Å². The molecule has 3 N–H and O–H groups in total. The molecule has 1 aromatic carbocycles. The molecule has 21 heavy (non-hydrogen) atoms. The van der Waals surface area contributed by atoms with Crippen molar-refractivity contribution in [1.29, 1.82) is 0 Å². The zero-order valence-electron chi connectivity index (χ0n) is 12.9. The molecule has 0 aromatic heterocycles. The van der Waals surface area contributed by atoms with Crippen LogP contribution >= 0.6 is 0 Å². The Morgan fingerprint density at radius 2 is 1.90 bits per heavy atom. The summed E-state index contributed by atoms with van der Waals surface area (Å²) in [4.78, 5) is 25.0. The standard InChI is InChI=1S/C16H24N2O3/c1-11(2)8-12(10-17)9-15(19)18(3)14-7-5-4-6-13(14)16(20)21/h4-7,11-12H,8-10,17H2,1-3H3,(H,20,21). The molecular weight excluding hydrogens is 268 g/mol. The summed E-state index contributed by atoms with van der Waals surface area (Å²) < 4.78 is 0. The van der Waals surface area contributed by atoms with Crippen LogP contribution in [0.4, 0.5) is 5.69 Å². The molecule has 1 rings (SSSR count). The second kappa shape index (κ2) is 7.78. The number of nitrogens with two attached hydrogens (primary N) is 1. The van der Waals surface area contributed by atoms with Gasteiger partial charge in [0, 0.05) is 13.5 Å². The van der Waals surface area contributed by atoms with Crippen LogP contribution in [0.3, 0.4) is 0 Å². The van der Waals surface area contributed by atoms with E-state index < -0.39 is 5.97 Å². The van der Waals surface area contributed by atoms with Crippen molar-refractivity contribution in [3.63, 3.8) is 0 Å². The molecule has 5 nitrogen and oxygen atoms in total. The van der Waals surface area contributed by atoms with Gasteiger partial charge in [0.2, 0.25) is 5.91 Å². The van der Waals surface area contributed by atoms with Crippen molar-refractivity contribution >= 4 is 17.6 Å². The van der Waals surface area contributed by atoms with Crippen molar-refractivity contribution < 1.29 is 14.7 Å². The van der Waals surface area contributed by atoms with Gasteiger partial charge in [0.05, 0.1) is 11.3 Å². The van der Waals surface area contributed by atoms with Crippen molar-refractivity contribution in [2.24, 2.45) is 17.6 Å². The Bertz CT molecular complexity index is 500. The Morgan fingerprint density at radius 3 is 2.43 bits per heavy atom.